The monoisotopic (exact) mass is 214 g/mol. The highest BCUT2D eigenvalue weighted by Gasteiger charge is 2.19. The van der Waals surface area contributed by atoms with Crippen LogP contribution in [0.2, 0.25) is 0 Å². The molecule has 15 heavy (non-hydrogen) atoms. The van der Waals surface area contributed by atoms with Crippen LogP contribution in [-0.4, -0.2) is 43.8 Å². The molecule has 0 aliphatic carbocycles. The third kappa shape index (κ3) is 4.49. The van der Waals surface area contributed by atoms with Crippen molar-refractivity contribution in [1.29, 1.82) is 0 Å². The molecular weight excluding hydrogens is 188 g/mol. The van der Waals surface area contributed by atoms with Gasteiger partial charge in [-0.25, -0.2) is 0 Å². The third-order valence-corrected chi connectivity index (χ3v) is 3.43. The van der Waals surface area contributed by atoms with Gasteiger partial charge in [-0.3, -0.25) is 0 Å². The number of nitrogens with zero attached hydrogens (tertiary/aromatic N) is 1. The Morgan fingerprint density at radius 1 is 1.47 bits per heavy atom. The lowest BCUT2D eigenvalue weighted by molar-refractivity contribution is 0.0301. The van der Waals surface area contributed by atoms with E-state index in [0.717, 1.165) is 19.5 Å². The largest absolute Gasteiger partial charge is 0.380 e. The Kier molecular flexibility index (Phi) is 5.58. The second kappa shape index (κ2) is 6.46. The molecular formula is C12H26N2O. The number of hydrogen-bond donors (Lipinski definition) is 1. The Hall–Kier alpha value is -0.120. The second-order valence-corrected chi connectivity index (χ2v) is 5.00. The predicted molar refractivity (Wildman–Crippen MR) is 63.9 cm³/mol. The molecule has 1 rings (SSSR count). The zero-order valence-corrected chi connectivity index (χ0v) is 10.4. The number of methoxy groups -OCH3 is 1. The molecule has 3 heteroatoms. The van der Waals surface area contributed by atoms with E-state index in [1.54, 1.807) is 0 Å². The predicted octanol–water partition coefficient (Wildman–Crippen LogP) is 1.47. The highest BCUT2D eigenvalue weighted by molar-refractivity contribution is 4.75. The van der Waals surface area contributed by atoms with Gasteiger partial charge in [0.05, 0.1) is 6.10 Å². The van der Waals surface area contributed by atoms with Gasteiger partial charge in [-0.2, -0.15) is 0 Å². The smallest absolute Gasteiger partial charge is 0.0698 e. The van der Waals surface area contributed by atoms with Crippen LogP contribution in [0.5, 0.6) is 0 Å². The minimum Gasteiger partial charge on any atom is -0.380 e. The van der Waals surface area contributed by atoms with E-state index in [1.165, 1.54) is 19.4 Å². The van der Waals surface area contributed by atoms with Crippen molar-refractivity contribution in [2.45, 2.75) is 45.3 Å². The first-order valence-corrected chi connectivity index (χ1v) is 6.14. The van der Waals surface area contributed by atoms with Crippen molar-refractivity contribution < 1.29 is 4.74 Å². The van der Waals surface area contributed by atoms with E-state index in [9.17, 15) is 0 Å². The Balaban J connectivity index is 2.20. The molecule has 1 fully saturated rings. The van der Waals surface area contributed by atoms with Gasteiger partial charge in [0.2, 0.25) is 0 Å². The Morgan fingerprint density at radius 2 is 2.20 bits per heavy atom. The Bertz CT molecular complexity index is 173. The molecule has 2 N–H and O–H groups in total. The molecule has 2 atom stereocenters. The van der Waals surface area contributed by atoms with Crippen LogP contribution in [0.1, 0.15) is 33.1 Å². The first-order chi connectivity index (χ1) is 7.13. The first-order valence-electron chi connectivity index (χ1n) is 6.14. The summed E-state index contributed by atoms with van der Waals surface area (Å²) in [5.41, 5.74) is 6.04. The Labute approximate surface area is 94.0 Å². The molecule has 3 nitrogen and oxygen atoms in total. The molecule has 0 spiro atoms. The number of piperidine rings is 1. The molecule has 0 saturated carbocycles. The summed E-state index contributed by atoms with van der Waals surface area (Å²) in [6.07, 6.45) is 4.02. The zero-order chi connectivity index (χ0) is 11.3. The average Bonchev–Trinajstić information content (AvgIpc) is 2.26. The number of nitrogens with two attached hydrogens (primary N) is 1. The summed E-state index contributed by atoms with van der Waals surface area (Å²) >= 11 is 0. The fourth-order valence-electron chi connectivity index (χ4n) is 2.07. The quantitative estimate of drug-likeness (QED) is 0.753. The molecule has 0 bridgehead atoms. The van der Waals surface area contributed by atoms with Gasteiger partial charge >= 0.3 is 0 Å². The average molecular weight is 214 g/mol. The molecule has 0 amide bonds. The van der Waals surface area contributed by atoms with Gasteiger partial charge < -0.3 is 15.4 Å². The van der Waals surface area contributed by atoms with E-state index in [2.05, 4.69) is 18.7 Å². The van der Waals surface area contributed by atoms with E-state index in [-0.39, 0.29) is 0 Å². The van der Waals surface area contributed by atoms with Crippen molar-refractivity contribution in [3.05, 3.63) is 0 Å². The van der Waals surface area contributed by atoms with Crippen molar-refractivity contribution in [2.24, 2.45) is 11.7 Å². The van der Waals surface area contributed by atoms with Crippen LogP contribution in [0.4, 0.5) is 0 Å². The minimum absolute atomic E-state index is 0.341. The number of rotatable bonds is 5. The Morgan fingerprint density at radius 3 is 2.80 bits per heavy atom. The number of ether oxygens (including phenoxy) is 1. The molecule has 1 aliphatic heterocycles. The summed E-state index contributed by atoms with van der Waals surface area (Å²) in [7, 11) is 1.81. The van der Waals surface area contributed by atoms with E-state index >= 15 is 0 Å². The first kappa shape index (κ1) is 12.9. The van der Waals surface area contributed by atoms with Crippen LogP contribution in [0.25, 0.3) is 0 Å². The standard InChI is InChI=1S/C12H26N2O/c1-10(2)12(13)6-8-14-7-4-5-11(9-14)15-3/h10-12H,4-9,13H2,1-3H3. The van der Waals surface area contributed by atoms with Gasteiger partial charge in [-0.15, -0.1) is 0 Å². The van der Waals surface area contributed by atoms with Crippen molar-refractivity contribution in [2.75, 3.05) is 26.7 Å². The SMILES string of the molecule is COC1CCCN(CCC(N)C(C)C)C1. The van der Waals surface area contributed by atoms with Crippen LogP contribution in [0, 0.1) is 5.92 Å². The maximum absolute atomic E-state index is 6.04. The zero-order valence-electron chi connectivity index (χ0n) is 10.4. The van der Waals surface area contributed by atoms with Gasteiger partial charge in [0.15, 0.2) is 0 Å². The van der Waals surface area contributed by atoms with E-state index in [0.29, 0.717) is 18.1 Å². The number of likely N-dealkylation sites (tertiary alicyclic amines) is 1. The summed E-state index contributed by atoms with van der Waals surface area (Å²) < 4.78 is 5.40. The summed E-state index contributed by atoms with van der Waals surface area (Å²) in [6, 6.07) is 0.341. The van der Waals surface area contributed by atoms with Crippen molar-refractivity contribution in [1.82, 2.24) is 4.90 Å². The second-order valence-electron chi connectivity index (χ2n) is 5.00. The van der Waals surface area contributed by atoms with Crippen molar-refractivity contribution >= 4 is 0 Å². The molecule has 0 aromatic carbocycles. The lowest BCUT2D eigenvalue weighted by Gasteiger charge is -2.32. The summed E-state index contributed by atoms with van der Waals surface area (Å²) in [5, 5.41) is 0. The van der Waals surface area contributed by atoms with Crippen LogP contribution in [0.3, 0.4) is 0 Å². The maximum atomic E-state index is 6.04. The van der Waals surface area contributed by atoms with Crippen LogP contribution >= 0.6 is 0 Å². The van der Waals surface area contributed by atoms with Crippen LogP contribution in [-0.2, 0) is 4.74 Å². The van der Waals surface area contributed by atoms with Crippen molar-refractivity contribution in [3.8, 4) is 0 Å². The fourth-order valence-corrected chi connectivity index (χ4v) is 2.07. The molecule has 1 saturated heterocycles. The molecule has 90 valence electrons. The molecule has 0 radical (unpaired) electrons. The highest BCUT2D eigenvalue weighted by Crippen LogP contribution is 2.13. The molecule has 1 heterocycles. The molecule has 0 aromatic rings. The summed E-state index contributed by atoms with van der Waals surface area (Å²) in [4.78, 5) is 2.49. The van der Waals surface area contributed by atoms with Gasteiger partial charge in [0, 0.05) is 19.7 Å². The summed E-state index contributed by atoms with van der Waals surface area (Å²) in [5.74, 6) is 0.591. The van der Waals surface area contributed by atoms with Crippen LogP contribution in [0.15, 0.2) is 0 Å². The third-order valence-electron chi connectivity index (χ3n) is 3.43. The summed E-state index contributed by atoms with van der Waals surface area (Å²) in [6.45, 7) is 7.81. The fraction of sp³-hybridized carbons (Fsp3) is 1.00. The minimum atomic E-state index is 0.341. The van der Waals surface area contributed by atoms with Gasteiger partial charge in [-0.05, 0) is 38.3 Å². The van der Waals surface area contributed by atoms with E-state index in [4.69, 9.17) is 10.5 Å². The van der Waals surface area contributed by atoms with Gasteiger partial charge in [-0.1, -0.05) is 13.8 Å². The van der Waals surface area contributed by atoms with E-state index < -0.39 is 0 Å². The van der Waals surface area contributed by atoms with Crippen LogP contribution < -0.4 is 5.73 Å². The topological polar surface area (TPSA) is 38.5 Å². The molecule has 0 aromatic heterocycles. The molecule has 1 aliphatic rings. The molecule has 2 unspecified atom stereocenters. The number of hydrogen-bond acceptors (Lipinski definition) is 3. The lowest BCUT2D eigenvalue weighted by Crippen LogP contribution is -2.41. The highest BCUT2D eigenvalue weighted by atomic mass is 16.5. The normalized spacial score (nSPS) is 25.8. The maximum Gasteiger partial charge on any atom is 0.0698 e. The van der Waals surface area contributed by atoms with Gasteiger partial charge in [0.25, 0.3) is 0 Å². The lowest BCUT2D eigenvalue weighted by atomic mass is 10.0. The van der Waals surface area contributed by atoms with E-state index in [1.807, 2.05) is 7.11 Å². The van der Waals surface area contributed by atoms with Gasteiger partial charge in [0.1, 0.15) is 0 Å². The van der Waals surface area contributed by atoms with Crippen molar-refractivity contribution in [3.63, 3.8) is 0 Å².